The van der Waals surface area contributed by atoms with Gasteiger partial charge in [0.25, 0.3) is 0 Å². The fourth-order valence-electron chi connectivity index (χ4n) is 0.600. The minimum absolute atomic E-state index is 0.0633. The van der Waals surface area contributed by atoms with Crippen LogP contribution in [0, 0.1) is 0 Å². The van der Waals surface area contributed by atoms with Gasteiger partial charge in [0.15, 0.2) is 0 Å². The number of isocyanates is 1. The molecule has 1 N–H and O–H groups in total. The smallest absolute Gasteiger partial charge is 0.348 e. The predicted molar refractivity (Wildman–Crippen MR) is 39.1 cm³/mol. The summed E-state index contributed by atoms with van der Waals surface area (Å²) in [6, 6.07) is 1.46. The van der Waals surface area contributed by atoms with Gasteiger partial charge < -0.3 is 5.11 Å². The van der Waals surface area contributed by atoms with E-state index in [0.29, 0.717) is 0 Å². The molecular weight excluding hydrogens is 166 g/mol. The largest absolute Gasteiger partial charge is 0.477 e. The highest BCUT2D eigenvalue weighted by molar-refractivity contribution is 7.12. The van der Waals surface area contributed by atoms with Crippen molar-refractivity contribution in [3.8, 4) is 0 Å². The van der Waals surface area contributed by atoms with Gasteiger partial charge in [-0.1, -0.05) is 0 Å². The molecule has 0 atom stereocenters. The maximum Gasteiger partial charge on any atom is 0.348 e. The zero-order valence-corrected chi connectivity index (χ0v) is 6.09. The van der Waals surface area contributed by atoms with Gasteiger partial charge in [0.2, 0.25) is 6.08 Å². The van der Waals surface area contributed by atoms with E-state index in [4.69, 9.17) is 5.11 Å². The number of nitrogens with zero attached hydrogens (tertiary/aromatic N) is 1. The third-order valence-corrected chi connectivity index (χ3v) is 1.90. The van der Waals surface area contributed by atoms with Crippen LogP contribution in [0.5, 0.6) is 0 Å². The van der Waals surface area contributed by atoms with E-state index in [1.165, 1.54) is 12.1 Å². The number of carboxylic acids is 1. The van der Waals surface area contributed by atoms with Crippen LogP contribution < -0.4 is 0 Å². The Morgan fingerprint density at radius 1 is 1.73 bits per heavy atom. The van der Waals surface area contributed by atoms with E-state index in [1.807, 2.05) is 0 Å². The molecule has 0 radical (unpaired) electrons. The van der Waals surface area contributed by atoms with Crippen LogP contribution >= 0.6 is 11.3 Å². The van der Waals surface area contributed by atoms with Crippen LogP contribution in [0.15, 0.2) is 16.4 Å². The zero-order valence-electron chi connectivity index (χ0n) is 5.27. The Kier molecular flexibility index (Phi) is 2.15. The maximum absolute atomic E-state index is 10.4. The third-order valence-electron chi connectivity index (χ3n) is 1.00. The highest BCUT2D eigenvalue weighted by Gasteiger charge is 2.09. The molecule has 11 heavy (non-hydrogen) atoms. The Labute approximate surface area is 65.8 Å². The molecule has 0 spiro atoms. The van der Waals surface area contributed by atoms with Crippen molar-refractivity contribution in [1.29, 1.82) is 0 Å². The number of hydrogen-bond donors (Lipinski definition) is 1. The molecule has 5 heteroatoms. The molecule has 4 nitrogen and oxygen atoms in total. The van der Waals surface area contributed by atoms with E-state index in [-0.39, 0.29) is 10.6 Å². The number of hydrogen-bond acceptors (Lipinski definition) is 4. The minimum atomic E-state index is -1.07. The highest BCUT2D eigenvalue weighted by Crippen LogP contribution is 2.24. The summed E-state index contributed by atoms with van der Waals surface area (Å²) in [4.78, 5) is 23.4. The summed E-state index contributed by atoms with van der Waals surface area (Å²) in [7, 11) is 0. The molecule has 0 saturated carbocycles. The van der Waals surface area contributed by atoms with Crippen molar-refractivity contribution in [2.45, 2.75) is 0 Å². The lowest BCUT2D eigenvalue weighted by atomic mass is 10.4. The monoisotopic (exact) mass is 169 g/mol. The SMILES string of the molecule is O=C=Nc1ccsc1C(=O)O. The molecule has 0 aliphatic rings. The van der Waals surface area contributed by atoms with Crippen LogP contribution in [0.1, 0.15) is 9.67 Å². The molecular formula is C6H3NO3S. The van der Waals surface area contributed by atoms with E-state index in [2.05, 4.69) is 4.99 Å². The lowest BCUT2D eigenvalue weighted by Gasteiger charge is -1.86. The van der Waals surface area contributed by atoms with Crippen molar-refractivity contribution in [2.24, 2.45) is 4.99 Å². The molecule has 0 saturated heterocycles. The van der Waals surface area contributed by atoms with E-state index >= 15 is 0 Å². The lowest BCUT2D eigenvalue weighted by molar-refractivity contribution is 0.0703. The second kappa shape index (κ2) is 3.09. The lowest BCUT2D eigenvalue weighted by Crippen LogP contribution is -1.90. The topological polar surface area (TPSA) is 66.7 Å². The Morgan fingerprint density at radius 3 is 3.00 bits per heavy atom. The summed E-state index contributed by atoms with van der Waals surface area (Å²) < 4.78 is 0. The van der Waals surface area contributed by atoms with E-state index in [1.54, 1.807) is 5.38 Å². The maximum atomic E-state index is 10.4. The van der Waals surface area contributed by atoms with Crippen LogP contribution in [0.25, 0.3) is 0 Å². The number of carboxylic acid groups (broad SMARTS) is 1. The van der Waals surface area contributed by atoms with E-state index in [0.717, 1.165) is 11.3 Å². The average Bonchev–Trinajstić information content (AvgIpc) is 2.36. The van der Waals surface area contributed by atoms with Crippen LogP contribution in [0.2, 0.25) is 0 Å². The Morgan fingerprint density at radius 2 is 2.45 bits per heavy atom. The highest BCUT2D eigenvalue weighted by atomic mass is 32.1. The van der Waals surface area contributed by atoms with Gasteiger partial charge in [0, 0.05) is 0 Å². The molecule has 0 unspecified atom stereocenters. The first-order valence-corrected chi connectivity index (χ1v) is 3.52. The van der Waals surface area contributed by atoms with Crippen LogP contribution in [-0.2, 0) is 4.79 Å². The normalized spacial score (nSPS) is 8.73. The first-order valence-electron chi connectivity index (χ1n) is 2.64. The Bertz CT molecular complexity index is 308. The van der Waals surface area contributed by atoms with Crippen molar-refractivity contribution >= 4 is 29.1 Å². The van der Waals surface area contributed by atoms with Gasteiger partial charge in [-0.05, 0) is 11.4 Å². The second-order valence-electron chi connectivity index (χ2n) is 1.64. The standard InChI is InChI=1S/C6H3NO3S/c8-3-7-4-1-2-11-5(4)6(9)10/h1-2H,(H,9,10). The molecule has 1 aromatic rings. The second-order valence-corrected chi connectivity index (χ2v) is 2.56. The van der Waals surface area contributed by atoms with E-state index < -0.39 is 5.97 Å². The predicted octanol–water partition coefficient (Wildman–Crippen LogP) is 1.41. The number of carbonyl (C=O) groups is 1. The van der Waals surface area contributed by atoms with Gasteiger partial charge in [0.05, 0.1) is 0 Å². The molecule has 1 heterocycles. The van der Waals surface area contributed by atoms with Crippen molar-refractivity contribution in [3.05, 3.63) is 16.3 Å². The Hall–Kier alpha value is -1.45. The summed E-state index contributed by atoms with van der Waals surface area (Å²) in [6.45, 7) is 0. The molecule has 0 fully saturated rings. The molecule has 0 aliphatic carbocycles. The number of aliphatic imine (C=N–C) groups is 1. The van der Waals surface area contributed by atoms with Crippen molar-refractivity contribution < 1.29 is 14.7 Å². The number of aromatic carboxylic acids is 1. The van der Waals surface area contributed by atoms with Crippen LogP contribution in [0.4, 0.5) is 5.69 Å². The van der Waals surface area contributed by atoms with Crippen molar-refractivity contribution in [2.75, 3.05) is 0 Å². The molecule has 0 aliphatic heterocycles. The first-order chi connectivity index (χ1) is 5.25. The fourth-order valence-corrected chi connectivity index (χ4v) is 1.27. The van der Waals surface area contributed by atoms with Crippen molar-refractivity contribution in [1.82, 2.24) is 0 Å². The fraction of sp³-hybridized carbons (Fsp3) is 0. The zero-order chi connectivity index (χ0) is 8.27. The molecule has 56 valence electrons. The molecule has 1 aromatic heterocycles. The Balaban J connectivity index is 3.15. The summed E-state index contributed by atoms with van der Waals surface area (Å²) >= 11 is 1.03. The summed E-state index contributed by atoms with van der Waals surface area (Å²) in [5, 5.41) is 10.1. The summed E-state index contributed by atoms with van der Waals surface area (Å²) in [6.07, 6.45) is 1.28. The quantitative estimate of drug-likeness (QED) is 0.537. The third kappa shape index (κ3) is 1.52. The van der Waals surface area contributed by atoms with Gasteiger partial charge in [-0.15, -0.1) is 11.3 Å². The first kappa shape index (κ1) is 7.65. The van der Waals surface area contributed by atoms with Gasteiger partial charge in [-0.2, -0.15) is 4.99 Å². The van der Waals surface area contributed by atoms with Crippen LogP contribution in [-0.4, -0.2) is 17.2 Å². The number of carbonyl (C=O) groups excluding carboxylic acids is 1. The van der Waals surface area contributed by atoms with Gasteiger partial charge in [-0.3, -0.25) is 0 Å². The minimum Gasteiger partial charge on any atom is -0.477 e. The molecule has 0 amide bonds. The summed E-state index contributed by atoms with van der Waals surface area (Å²) in [5.74, 6) is -1.07. The van der Waals surface area contributed by atoms with Crippen LogP contribution in [0.3, 0.4) is 0 Å². The van der Waals surface area contributed by atoms with E-state index in [9.17, 15) is 9.59 Å². The average molecular weight is 169 g/mol. The van der Waals surface area contributed by atoms with Gasteiger partial charge >= 0.3 is 5.97 Å². The molecule has 0 aromatic carbocycles. The molecule has 0 bridgehead atoms. The number of thiophene rings is 1. The van der Waals surface area contributed by atoms with Gasteiger partial charge in [-0.25, -0.2) is 9.59 Å². The molecule has 1 rings (SSSR count). The summed E-state index contributed by atoms with van der Waals surface area (Å²) in [5.41, 5.74) is 0.164. The number of rotatable bonds is 2. The van der Waals surface area contributed by atoms with Gasteiger partial charge in [0.1, 0.15) is 10.6 Å². The van der Waals surface area contributed by atoms with Crippen molar-refractivity contribution in [3.63, 3.8) is 0 Å².